The van der Waals surface area contributed by atoms with Gasteiger partial charge in [0.2, 0.25) is 5.91 Å². The van der Waals surface area contributed by atoms with E-state index in [0.29, 0.717) is 6.54 Å². The van der Waals surface area contributed by atoms with E-state index in [1.54, 1.807) is 6.20 Å². The smallest absolute Gasteiger partial charge is 0.245 e. The SMILES string of the molecule is Cc1ccc(NCCCNC(=O)CO)nc1. The number of rotatable bonds is 6. The number of carbonyl (C=O) groups is 1. The van der Waals surface area contributed by atoms with E-state index >= 15 is 0 Å². The summed E-state index contributed by atoms with van der Waals surface area (Å²) in [5.41, 5.74) is 1.13. The van der Waals surface area contributed by atoms with Crippen LogP contribution in [-0.2, 0) is 4.79 Å². The van der Waals surface area contributed by atoms with Gasteiger partial charge in [-0.1, -0.05) is 6.07 Å². The molecular weight excluding hydrogens is 206 g/mol. The third kappa shape index (κ3) is 4.75. The molecule has 5 nitrogen and oxygen atoms in total. The number of aliphatic hydroxyl groups excluding tert-OH is 1. The zero-order valence-electron chi connectivity index (χ0n) is 9.36. The number of nitrogens with zero attached hydrogens (tertiary/aromatic N) is 1. The first-order chi connectivity index (χ1) is 7.72. The molecule has 5 heteroatoms. The molecule has 0 aliphatic rings. The Kier molecular flexibility index (Phi) is 5.28. The van der Waals surface area contributed by atoms with E-state index < -0.39 is 6.61 Å². The van der Waals surface area contributed by atoms with Crippen molar-refractivity contribution in [3.05, 3.63) is 23.9 Å². The molecular formula is C11H17N3O2. The van der Waals surface area contributed by atoms with Crippen LogP contribution in [0.25, 0.3) is 0 Å². The number of nitrogens with one attached hydrogen (secondary N) is 2. The molecule has 0 bridgehead atoms. The lowest BCUT2D eigenvalue weighted by Crippen LogP contribution is -2.28. The van der Waals surface area contributed by atoms with Crippen LogP contribution in [0.5, 0.6) is 0 Å². The Labute approximate surface area is 94.9 Å². The standard InChI is InChI=1S/C11H17N3O2/c1-9-3-4-10(14-7-9)12-5-2-6-13-11(16)8-15/h3-4,7,15H,2,5-6,8H2,1H3,(H,12,14)(H,13,16). The molecule has 0 aliphatic heterocycles. The first-order valence-corrected chi connectivity index (χ1v) is 5.26. The fourth-order valence-electron chi connectivity index (χ4n) is 1.16. The zero-order chi connectivity index (χ0) is 11.8. The van der Waals surface area contributed by atoms with Gasteiger partial charge in [0, 0.05) is 19.3 Å². The quantitative estimate of drug-likeness (QED) is 0.606. The molecule has 1 rings (SSSR count). The van der Waals surface area contributed by atoms with Crippen LogP contribution in [0.1, 0.15) is 12.0 Å². The highest BCUT2D eigenvalue weighted by Gasteiger charge is 1.96. The molecule has 0 aromatic carbocycles. The van der Waals surface area contributed by atoms with E-state index in [1.807, 2.05) is 19.1 Å². The van der Waals surface area contributed by atoms with Crippen molar-refractivity contribution in [2.75, 3.05) is 25.0 Å². The summed E-state index contributed by atoms with van der Waals surface area (Å²) in [6.45, 7) is 2.83. The molecule has 1 aromatic heterocycles. The molecule has 1 heterocycles. The first-order valence-electron chi connectivity index (χ1n) is 5.26. The maximum Gasteiger partial charge on any atom is 0.245 e. The molecule has 1 aromatic rings. The Morgan fingerprint density at radius 1 is 1.44 bits per heavy atom. The summed E-state index contributed by atoms with van der Waals surface area (Å²) in [4.78, 5) is 14.9. The fraction of sp³-hybridized carbons (Fsp3) is 0.455. The molecule has 0 fully saturated rings. The lowest BCUT2D eigenvalue weighted by Gasteiger charge is -2.06. The van der Waals surface area contributed by atoms with Gasteiger partial charge in [0.15, 0.2) is 0 Å². The molecule has 0 aliphatic carbocycles. The minimum absolute atomic E-state index is 0.339. The average Bonchev–Trinajstić information content (AvgIpc) is 2.31. The largest absolute Gasteiger partial charge is 0.387 e. The highest BCUT2D eigenvalue weighted by Crippen LogP contribution is 2.03. The maximum absolute atomic E-state index is 10.7. The highest BCUT2D eigenvalue weighted by atomic mass is 16.3. The molecule has 3 N–H and O–H groups in total. The summed E-state index contributed by atoms with van der Waals surface area (Å²) in [7, 11) is 0. The lowest BCUT2D eigenvalue weighted by molar-refractivity contribution is -0.123. The third-order valence-corrected chi connectivity index (χ3v) is 2.04. The Morgan fingerprint density at radius 3 is 2.88 bits per heavy atom. The summed E-state index contributed by atoms with van der Waals surface area (Å²) in [5, 5.41) is 14.2. The molecule has 0 spiro atoms. The van der Waals surface area contributed by atoms with E-state index in [-0.39, 0.29) is 5.91 Å². The topological polar surface area (TPSA) is 74.2 Å². The van der Waals surface area contributed by atoms with Gasteiger partial charge < -0.3 is 15.7 Å². The highest BCUT2D eigenvalue weighted by molar-refractivity contribution is 5.76. The molecule has 0 atom stereocenters. The van der Waals surface area contributed by atoms with Crippen molar-refractivity contribution in [3.8, 4) is 0 Å². The minimum atomic E-state index is -0.451. The van der Waals surface area contributed by atoms with Gasteiger partial charge in [0.05, 0.1) is 0 Å². The maximum atomic E-state index is 10.7. The van der Waals surface area contributed by atoms with Crippen molar-refractivity contribution in [1.82, 2.24) is 10.3 Å². The van der Waals surface area contributed by atoms with E-state index in [1.165, 1.54) is 0 Å². The second kappa shape index (κ2) is 6.79. The van der Waals surface area contributed by atoms with Crippen LogP contribution in [0, 0.1) is 6.92 Å². The molecule has 0 radical (unpaired) electrons. The monoisotopic (exact) mass is 223 g/mol. The molecule has 0 unspecified atom stereocenters. The third-order valence-electron chi connectivity index (χ3n) is 2.04. The van der Waals surface area contributed by atoms with Gasteiger partial charge in [-0.15, -0.1) is 0 Å². The Hall–Kier alpha value is -1.62. The summed E-state index contributed by atoms with van der Waals surface area (Å²) in [5.74, 6) is 0.493. The van der Waals surface area contributed by atoms with E-state index in [4.69, 9.17) is 5.11 Å². The van der Waals surface area contributed by atoms with E-state index in [2.05, 4.69) is 15.6 Å². The van der Waals surface area contributed by atoms with Crippen LogP contribution in [0.2, 0.25) is 0 Å². The van der Waals surface area contributed by atoms with Crippen molar-refractivity contribution >= 4 is 11.7 Å². The van der Waals surface area contributed by atoms with E-state index in [0.717, 1.165) is 24.3 Å². The van der Waals surface area contributed by atoms with E-state index in [9.17, 15) is 4.79 Å². The predicted octanol–water partition coefficient (Wildman–Crippen LogP) is 0.301. The summed E-state index contributed by atoms with van der Waals surface area (Å²) in [6, 6.07) is 3.91. The number of pyridine rings is 1. The summed E-state index contributed by atoms with van der Waals surface area (Å²) >= 11 is 0. The average molecular weight is 223 g/mol. The number of aromatic nitrogens is 1. The Balaban J connectivity index is 2.11. The Bertz CT molecular complexity index is 325. The van der Waals surface area contributed by atoms with Crippen molar-refractivity contribution in [2.24, 2.45) is 0 Å². The minimum Gasteiger partial charge on any atom is -0.387 e. The first kappa shape index (κ1) is 12.4. The lowest BCUT2D eigenvalue weighted by atomic mass is 10.3. The molecule has 16 heavy (non-hydrogen) atoms. The summed E-state index contributed by atoms with van der Waals surface area (Å²) in [6.07, 6.45) is 2.59. The molecule has 1 amide bonds. The van der Waals surface area contributed by atoms with Crippen LogP contribution in [0.15, 0.2) is 18.3 Å². The Morgan fingerprint density at radius 2 is 2.25 bits per heavy atom. The van der Waals surface area contributed by atoms with Gasteiger partial charge in [0.1, 0.15) is 12.4 Å². The van der Waals surface area contributed by atoms with Gasteiger partial charge in [-0.05, 0) is 25.0 Å². The number of aryl methyl sites for hydroxylation is 1. The predicted molar refractivity (Wildman–Crippen MR) is 62.2 cm³/mol. The van der Waals surface area contributed by atoms with Gasteiger partial charge in [-0.3, -0.25) is 4.79 Å². The van der Waals surface area contributed by atoms with Crippen molar-refractivity contribution in [3.63, 3.8) is 0 Å². The second-order valence-corrected chi connectivity index (χ2v) is 3.51. The van der Waals surface area contributed by atoms with Gasteiger partial charge >= 0.3 is 0 Å². The van der Waals surface area contributed by atoms with Crippen LogP contribution < -0.4 is 10.6 Å². The zero-order valence-corrected chi connectivity index (χ0v) is 9.36. The van der Waals surface area contributed by atoms with Gasteiger partial charge in [-0.2, -0.15) is 0 Å². The number of aliphatic hydroxyl groups is 1. The van der Waals surface area contributed by atoms with Gasteiger partial charge in [-0.25, -0.2) is 4.98 Å². The van der Waals surface area contributed by atoms with Crippen LogP contribution in [-0.4, -0.2) is 35.7 Å². The molecule has 88 valence electrons. The summed E-state index contributed by atoms with van der Waals surface area (Å²) < 4.78 is 0. The second-order valence-electron chi connectivity index (χ2n) is 3.51. The van der Waals surface area contributed by atoms with Crippen molar-refractivity contribution < 1.29 is 9.90 Å². The molecule has 0 saturated carbocycles. The number of carbonyl (C=O) groups excluding carboxylic acids is 1. The normalized spacial score (nSPS) is 9.88. The van der Waals surface area contributed by atoms with Gasteiger partial charge in [0.25, 0.3) is 0 Å². The molecule has 0 saturated heterocycles. The van der Waals surface area contributed by atoms with Crippen LogP contribution in [0.4, 0.5) is 5.82 Å². The number of amides is 1. The van der Waals surface area contributed by atoms with Crippen molar-refractivity contribution in [2.45, 2.75) is 13.3 Å². The number of hydrogen-bond acceptors (Lipinski definition) is 4. The van der Waals surface area contributed by atoms with Crippen LogP contribution >= 0.6 is 0 Å². The van der Waals surface area contributed by atoms with Crippen LogP contribution in [0.3, 0.4) is 0 Å². The van der Waals surface area contributed by atoms with Crippen molar-refractivity contribution in [1.29, 1.82) is 0 Å². The fourth-order valence-corrected chi connectivity index (χ4v) is 1.16. The number of anilines is 1. The number of hydrogen-bond donors (Lipinski definition) is 3.